The fourth-order valence-electron chi connectivity index (χ4n) is 3.53. The number of hydrogen-bond acceptors (Lipinski definition) is 4. The Labute approximate surface area is 194 Å². The topological polar surface area (TPSA) is 75.6 Å². The van der Waals surface area contributed by atoms with E-state index in [4.69, 9.17) is 4.74 Å². The maximum Gasteiger partial charge on any atom is 0.240 e. The summed E-state index contributed by atoms with van der Waals surface area (Å²) in [5.74, 6) is 0.655. The summed E-state index contributed by atoms with van der Waals surface area (Å²) in [7, 11) is -3.79. The Morgan fingerprint density at radius 1 is 0.697 bits per heavy atom. The number of sulfonamides is 1. The lowest BCUT2D eigenvalue weighted by Crippen LogP contribution is -2.41. The van der Waals surface area contributed by atoms with E-state index in [1.165, 1.54) is 12.1 Å². The lowest BCUT2D eigenvalue weighted by atomic mass is 9.86. The van der Waals surface area contributed by atoms with Crippen LogP contribution in [0.15, 0.2) is 120 Å². The first-order chi connectivity index (χ1) is 16.0. The van der Waals surface area contributed by atoms with E-state index in [9.17, 15) is 13.5 Å². The largest absolute Gasteiger partial charge is 0.489 e. The zero-order valence-corrected chi connectivity index (χ0v) is 18.8. The van der Waals surface area contributed by atoms with Gasteiger partial charge < -0.3 is 9.84 Å². The molecule has 0 saturated carbocycles. The molecule has 0 bridgehead atoms. The van der Waals surface area contributed by atoms with Gasteiger partial charge in [0.2, 0.25) is 10.0 Å². The summed E-state index contributed by atoms with van der Waals surface area (Å²) in [6.07, 6.45) is 0. The van der Waals surface area contributed by atoms with Crippen LogP contribution in [-0.2, 0) is 22.2 Å². The molecule has 6 heteroatoms. The zero-order chi connectivity index (χ0) is 23.2. The van der Waals surface area contributed by atoms with Gasteiger partial charge >= 0.3 is 0 Å². The summed E-state index contributed by atoms with van der Waals surface area (Å²) in [4.78, 5) is 0.144. The molecular formula is C27H25NO4S. The van der Waals surface area contributed by atoms with Crippen LogP contribution in [-0.4, -0.2) is 20.1 Å². The first-order valence-corrected chi connectivity index (χ1v) is 12.1. The van der Waals surface area contributed by atoms with Crippen LogP contribution >= 0.6 is 0 Å². The van der Waals surface area contributed by atoms with Crippen LogP contribution in [0.1, 0.15) is 16.7 Å². The number of benzene rings is 4. The van der Waals surface area contributed by atoms with Gasteiger partial charge in [-0.2, -0.15) is 0 Å². The van der Waals surface area contributed by atoms with Crippen LogP contribution in [0, 0.1) is 0 Å². The molecule has 0 spiro atoms. The molecule has 0 heterocycles. The van der Waals surface area contributed by atoms with Gasteiger partial charge in [0.25, 0.3) is 0 Å². The highest BCUT2D eigenvalue weighted by Crippen LogP contribution is 2.31. The van der Waals surface area contributed by atoms with E-state index in [2.05, 4.69) is 4.72 Å². The van der Waals surface area contributed by atoms with Crippen molar-refractivity contribution in [3.05, 3.63) is 132 Å². The van der Waals surface area contributed by atoms with E-state index in [0.29, 0.717) is 23.5 Å². The number of nitrogens with one attached hydrogen (secondary N) is 1. The lowest BCUT2D eigenvalue weighted by molar-refractivity contribution is 0.0859. The molecule has 1 unspecified atom stereocenters. The molecule has 0 aromatic heterocycles. The van der Waals surface area contributed by atoms with Crippen molar-refractivity contribution in [2.45, 2.75) is 17.1 Å². The minimum absolute atomic E-state index is 0.144. The van der Waals surface area contributed by atoms with Crippen molar-refractivity contribution in [1.29, 1.82) is 0 Å². The summed E-state index contributed by atoms with van der Waals surface area (Å²) in [5.41, 5.74) is 0.620. The highest BCUT2D eigenvalue weighted by atomic mass is 32.2. The molecule has 0 fully saturated rings. The molecule has 4 rings (SSSR count). The Morgan fingerprint density at radius 3 is 1.82 bits per heavy atom. The van der Waals surface area contributed by atoms with Gasteiger partial charge in [-0.3, -0.25) is 0 Å². The molecular weight excluding hydrogens is 434 g/mol. The third-order valence-corrected chi connectivity index (χ3v) is 6.82. The van der Waals surface area contributed by atoms with Crippen molar-refractivity contribution in [2.24, 2.45) is 0 Å². The average molecular weight is 460 g/mol. The molecule has 2 N–H and O–H groups in total. The molecule has 5 nitrogen and oxygen atoms in total. The monoisotopic (exact) mass is 459 g/mol. The maximum atomic E-state index is 12.8. The summed E-state index contributed by atoms with van der Waals surface area (Å²) < 4.78 is 34.0. The van der Waals surface area contributed by atoms with Gasteiger partial charge in [0.1, 0.15) is 18.0 Å². The molecule has 1 atom stereocenters. The minimum Gasteiger partial charge on any atom is -0.489 e. The van der Waals surface area contributed by atoms with E-state index in [-0.39, 0.29) is 11.4 Å². The van der Waals surface area contributed by atoms with Crippen molar-refractivity contribution in [3.8, 4) is 5.75 Å². The van der Waals surface area contributed by atoms with Crippen molar-refractivity contribution in [3.63, 3.8) is 0 Å². The third kappa shape index (κ3) is 5.49. The molecule has 33 heavy (non-hydrogen) atoms. The SMILES string of the molecule is O=S(=O)(NCC(O)(c1ccccc1)c1ccc(OCc2ccccc2)cc1)c1ccccc1. The van der Waals surface area contributed by atoms with Crippen LogP contribution < -0.4 is 9.46 Å². The standard InChI is InChI=1S/C27H25NO4S/c29-27(23-12-6-2-7-13-23,21-28-33(30,31)26-14-8-3-9-15-26)24-16-18-25(19-17-24)32-20-22-10-4-1-5-11-22/h1-19,28-29H,20-21H2. The van der Waals surface area contributed by atoms with Crippen LogP contribution in [0.4, 0.5) is 0 Å². The third-order valence-electron chi connectivity index (χ3n) is 5.40. The number of ether oxygens (including phenoxy) is 1. The Kier molecular flexibility index (Phi) is 6.89. The normalized spacial score (nSPS) is 13.2. The van der Waals surface area contributed by atoms with E-state index < -0.39 is 15.6 Å². The molecule has 0 aliphatic carbocycles. The number of rotatable bonds is 9. The Bertz CT molecular complexity index is 1260. The second-order valence-electron chi connectivity index (χ2n) is 7.66. The van der Waals surface area contributed by atoms with E-state index >= 15 is 0 Å². The Morgan fingerprint density at radius 2 is 1.21 bits per heavy atom. The first kappa shape index (κ1) is 22.7. The quantitative estimate of drug-likeness (QED) is 0.387. The molecule has 0 aliphatic rings. The van der Waals surface area contributed by atoms with Crippen molar-refractivity contribution >= 4 is 10.0 Å². The first-order valence-electron chi connectivity index (χ1n) is 10.6. The van der Waals surface area contributed by atoms with E-state index in [0.717, 1.165) is 5.56 Å². The van der Waals surface area contributed by atoms with Gasteiger partial charge in [-0.05, 0) is 41.0 Å². The smallest absolute Gasteiger partial charge is 0.240 e. The molecule has 4 aromatic carbocycles. The fourth-order valence-corrected chi connectivity index (χ4v) is 4.62. The van der Waals surface area contributed by atoms with Crippen molar-refractivity contribution in [1.82, 2.24) is 4.72 Å². The van der Waals surface area contributed by atoms with Crippen LogP contribution in [0.25, 0.3) is 0 Å². The van der Waals surface area contributed by atoms with Crippen molar-refractivity contribution in [2.75, 3.05) is 6.54 Å². The van der Waals surface area contributed by atoms with Gasteiger partial charge in [-0.15, -0.1) is 0 Å². The lowest BCUT2D eigenvalue weighted by Gasteiger charge is -2.30. The maximum absolute atomic E-state index is 12.8. The van der Waals surface area contributed by atoms with E-state index in [1.54, 1.807) is 54.6 Å². The highest BCUT2D eigenvalue weighted by molar-refractivity contribution is 7.89. The van der Waals surface area contributed by atoms with Crippen molar-refractivity contribution < 1.29 is 18.3 Å². The molecule has 168 valence electrons. The van der Waals surface area contributed by atoms with Crippen LogP contribution in [0.3, 0.4) is 0 Å². The van der Waals surface area contributed by atoms with Gasteiger partial charge in [-0.25, -0.2) is 13.1 Å². The summed E-state index contributed by atoms with van der Waals surface area (Å²) >= 11 is 0. The molecule has 0 radical (unpaired) electrons. The minimum atomic E-state index is -3.79. The van der Waals surface area contributed by atoms with Gasteiger partial charge in [0, 0.05) is 6.54 Å². The van der Waals surface area contributed by atoms with E-state index in [1.807, 2.05) is 48.5 Å². The molecule has 0 amide bonds. The Balaban J connectivity index is 1.56. The van der Waals surface area contributed by atoms with Gasteiger partial charge in [0.15, 0.2) is 0 Å². The fraction of sp³-hybridized carbons (Fsp3) is 0.111. The summed E-state index contributed by atoms with van der Waals surface area (Å²) in [6.45, 7) is 0.207. The number of hydrogen-bond donors (Lipinski definition) is 2. The molecule has 0 aliphatic heterocycles. The summed E-state index contributed by atoms with van der Waals surface area (Å²) in [6, 6.07) is 34.0. The predicted octanol–water partition coefficient (Wildman–Crippen LogP) is 4.48. The highest BCUT2D eigenvalue weighted by Gasteiger charge is 2.33. The predicted molar refractivity (Wildman–Crippen MR) is 128 cm³/mol. The van der Waals surface area contributed by atoms with Gasteiger partial charge in [-0.1, -0.05) is 91.0 Å². The van der Waals surface area contributed by atoms with Gasteiger partial charge in [0.05, 0.1) is 4.90 Å². The molecule has 0 saturated heterocycles. The second kappa shape index (κ2) is 10.0. The van der Waals surface area contributed by atoms with Crippen LogP contribution in [0.2, 0.25) is 0 Å². The Hall–Kier alpha value is -3.45. The summed E-state index contributed by atoms with van der Waals surface area (Å²) in [5, 5.41) is 11.7. The average Bonchev–Trinajstić information content (AvgIpc) is 2.88. The molecule has 4 aromatic rings. The van der Waals surface area contributed by atoms with Crippen LogP contribution in [0.5, 0.6) is 5.75 Å². The zero-order valence-electron chi connectivity index (χ0n) is 18.0. The number of aliphatic hydroxyl groups is 1. The second-order valence-corrected chi connectivity index (χ2v) is 9.43.